The maximum Gasteiger partial charge on any atom is 0.222 e. The SMILES string of the molecule is CCCN1C(=O)CCCC1CC. The molecule has 1 fully saturated rings. The van der Waals surface area contributed by atoms with E-state index in [1.807, 2.05) is 0 Å². The number of hydrogen-bond donors (Lipinski definition) is 0. The van der Waals surface area contributed by atoms with Crippen molar-refractivity contribution in [2.75, 3.05) is 6.54 Å². The highest BCUT2D eigenvalue weighted by molar-refractivity contribution is 5.77. The largest absolute Gasteiger partial charge is 0.340 e. The molecule has 0 radical (unpaired) electrons. The molecular formula is C10H19NO. The molecule has 1 atom stereocenters. The first-order valence-electron chi connectivity index (χ1n) is 5.09. The molecule has 0 aromatic carbocycles. The normalized spacial score (nSPS) is 24.7. The molecule has 2 nitrogen and oxygen atoms in total. The zero-order valence-corrected chi connectivity index (χ0v) is 8.18. The first-order chi connectivity index (χ1) is 5.79. The highest BCUT2D eigenvalue weighted by Crippen LogP contribution is 2.20. The van der Waals surface area contributed by atoms with E-state index in [1.165, 1.54) is 6.42 Å². The van der Waals surface area contributed by atoms with E-state index in [2.05, 4.69) is 18.7 Å². The number of amides is 1. The molecule has 0 bridgehead atoms. The van der Waals surface area contributed by atoms with Gasteiger partial charge >= 0.3 is 0 Å². The van der Waals surface area contributed by atoms with Crippen LogP contribution in [0.25, 0.3) is 0 Å². The topological polar surface area (TPSA) is 20.3 Å². The number of carbonyl (C=O) groups excluding carboxylic acids is 1. The predicted molar refractivity (Wildman–Crippen MR) is 49.9 cm³/mol. The molecule has 0 aromatic heterocycles. The molecule has 1 aliphatic rings. The Kier molecular flexibility index (Phi) is 3.57. The number of rotatable bonds is 3. The highest BCUT2D eigenvalue weighted by Gasteiger charge is 2.25. The fourth-order valence-electron chi connectivity index (χ4n) is 1.96. The minimum absolute atomic E-state index is 0.370. The van der Waals surface area contributed by atoms with Gasteiger partial charge < -0.3 is 4.90 Å². The Morgan fingerprint density at radius 3 is 2.83 bits per heavy atom. The summed E-state index contributed by atoms with van der Waals surface area (Å²) >= 11 is 0. The summed E-state index contributed by atoms with van der Waals surface area (Å²) in [6.45, 7) is 5.26. The van der Waals surface area contributed by atoms with Gasteiger partial charge in [-0.1, -0.05) is 13.8 Å². The zero-order valence-electron chi connectivity index (χ0n) is 8.18. The Hall–Kier alpha value is -0.530. The minimum Gasteiger partial charge on any atom is -0.340 e. The summed E-state index contributed by atoms with van der Waals surface area (Å²) in [5.74, 6) is 0.370. The molecule has 0 aliphatic carbocycles. The van der Waals surface area contributed by atoms with Gasteiger partial charge in [0.1, 0.15) is 0 Å². The van der Waals surface area contributed by atoms with E-state index < -0.39 is 0 Å². The molecule has 0 N–H and O–H groups in total. The highest BCUT2D eigenvalue weighted by atomic mass is 16.2. The molecule has 1 aliphatic heterocycles. The van der Waals surface area contributed by atoms with Crippen LogP contribution < -0.4 is 0 Å². The fraction of sp³-hybridized carbons (Fsp3) is 0.900. The number of nitrogens with zero attached hydrogens (tertiary/aromatic N) is 1. The average Bonchev–Trinajstić information content (AvgIpc) is 2.09. The van der Waals surface area contributed by atoms with Crippen LogP contribution in [0.4, 0.5) is 0 Å². The first kappa shape index (κ1) is 9.56. The standard InChI is InChI=1S/C10H19NO/c1-3-8-11-9(4-2)6-5-7-10(11)12/h9H,3-8H2,1-2H3. The van der Waals surface area contributed by atoms with Crippen molar-refractivity contribution in [3.63, 3.8) is 0 Å². The molecule has 1 saturated heterocycles. The molecule has 1 rings (SSSR count). The summed E-state index contributed by atoms with van der Waals surface area (Å²) in [5.41, 5.74) is 0. The van der Waals surface area contributed by atoms with Gasteiger partial charge in [-0.2, -0.15) is 0 Å². The molecule has 1 heterocycles. The summed E-state index contributed by atoms with van der Waals surface area (Å²) in [6, 6.07) is 0.534. The van der Waals surface area contributed by atoms with Crippen LogP contribution in [0.3, 0.4) is 0 Å². The van der Waals surface area contributed by atoms with Gasteiger partial charge in [-0.15, -0.1) is 0 Å². The average molecular weight is 169 g/mol. The Morgan fingerprint density at radius 2 is 2.25 bits per heavy atom. The monoisotopic (exact) mass is 169 g/mol. The van der Waals surface area contributed by atoms with Crippen molar-refractivity contribution in [1.29, 1.82) is 0 Å². The van der Waals surface area contributed by atoms with Crippen LogP contribution in [0.15, 0.2) is 0 Å². The maximum absolute atomic E-state index is 11.5. The van der Waals surface area contributed by atoms with E-state index in [4.69, 9.17) is 0 Å². The number of likely N-dealkylation sites (tertiary alicyclic amines) is 1. The third kappa shape index (κ3) is 1.99. The van der Waals surface area contributed by atoms with Crippen LogP contribution in [-0.2, 0) is 4.79 Å². The van der Waals surface area contributed by atoms with E-state index in [1.54, 1.807) is 0 Å². The van der Waals surface area contributed by atoms with Gasteiger partial charge in [0.05, 0.1) is 0 Å². The van der Waals surface area contributed by atoms with Gasteiger partial charge in [0.2, 0.25) is 5.91 Å². The Labute approximate surface area is 74.9 Å². The van der Waals surface area contributed by atoms with E-state index >= 15 is 0 Å². The Balaban J connectivity index is 2.53. The second kappa shape index (κ2) is 4.48. The third-order valence-corrected chi connectivity index (χ3v) is 2.62. The summed E-state index contributed by atoms with van der Waals surface area (Å²) in [6.07, 6.45) is 5.28. The Bertz CT molecular complexity index is 156. The summed E-state index contributed by atoms with van der Waals surface area (Å²) < 4.78 is 0. The summed E-state index contributed by atoms with van der Waals surface area (Å²) in [4.78, 5) is 13.6. The molecule has 0 saturated carbocycles. The van der Waals surface area contributed by atoms with Gasteiger partial charge in [-0.25, -0.2) is 0 Å². The van der Waals surface area contributed by atoms with Crippen molar-refractivity contribution in [1.82, 2.24) is 4.90 Å². The third-order valence-electron chi connectivity index (χ3n) is 2.62. The second-order valence-corrected chi connectivity index (χ2v) is 3.54. The summed E-state index contributed by atoms with van der Waals surface area (Å²) in [7, 11) is 0. The maximum atomic E-state index is 11.5. The number of hydrogen-bond acceptors (Lipinski definition) is 1. The van der Waals surface area contributed by atoms with Crippen LogP contribution >= 0.6 is 0 Å². The molecule has 2 heteroatoms. The molecular weight excluding hydrogens is 150 g/mol. The lowest BCUT2D eigenvalue weighted by Gasteiger charge is -2.34. The van der Waals surface area contributed by atoms with Crippen LogP contribution in [0.2, 0.25) is 0 Å². The van der Waals surface area contributed by atoms with Crippen LogP contribution in [-0.4, -0.2) is 23.4 Å². The van der Waals surface area contributed by atoms with E-state index in [0.29, 0.717) is 11.9 Å². The fourth-order valence-corrected chi connectivity index (χ4v) is 1.96. The van der Waals surface area contributed by atoms with E-state index in [0.717, 1.165) is 32.2 Å². The lowest BCUT2D eigenvalue weighted by Crippen LogP contribution is -2.43. The van der Waals surface area contributed by atoms with Gasteiger partial charge in [0.25, 0.3) is 0 Å². The van der Waals surface area contributed by atoms with Gasteiger partial charge in [0, 0.05) is 19.0 Å². The van der Waals surface area contributed by atoms with Crippen molar-refractivity contribution in [3.8, 4) is 0 Å². The van der Waals surface area contributed by atoms with Crippen LogP contribution in [0.5, 0.6) is 0 Å². The minimum atomic E-state index is 0.370. The van der Waals surface area contributed by atoms with Crippen molar-refractivity contribution < 1.29 is 4.79 Å². The summed E-state index contributed by atoms with van der Waals surface area (Å²) in [5, 5.41) is 0. The van der Waals surface area contributed by atoms with Gasteiger partial charge in [-0.05, 0) is 25.7 Å². The zero-order chi connectivity index (χ0) is 8.97. The molecule has 70 valence electrons. The lowest BCUT2D eigenvalue weighted by atomic mass is 9.99. The molecule has 0 spiro atoms. The molecule has 1 amide bonds. The van der Waals surface area contributed by atoms with Crippen LogP contribution in [0, 0.1) is 0 Å². The number of carbonyl (C=O) groups is 1. The van der Waals surface area contributed by atoms with Crippen molar-refractivity contribution in [3.05, 3.63) is 0 Å². The predicted octanol–water partition coefficient (Wildman–Crippen LogP) is 2.19. The van der Waals surface area contributed by atoms with Gasteiger partial charge in [-0.3, -0.25) is 4.79 Å². The van der Waals surface area contributed by atoms with E-state index in [-0.39, 0.29) is 0 Å². The van der Waals surface area contributed by atoms with Gasteiger partial charge in [0.15, 0.2) is 0 Å². The first-order valence-corrected chi connectivity index (χ1v) is 5.09. The lowest BCUT2D eigenvalue weighted by molar-refractivity contribution is -0.136. The van der Waals surface area contributed by atoms with Crippen molar-refractivity contribution in [2.24, 2.45) is 0 Å². The van der Waals surface area contributed by atoms with E-state index in [9.17, 15) is 4.79 Å². The smallest absolute Gasteiger partial charge is 0.222 e. The molecule has 0 aromatic rings. The Morgan fingerprint density at radius 1 is 1.50 bits per heavy atom. The number of piperidine rings is 1. The molecule has 1 unspecified atom stereocenters. The van der Waals surface area contributed by atoms with Crippen LogP contribution in [0.1, 0.15) is 46.0 Å². The van der Waals surface area contributed by atoms with Crippen molar-refractivity contribution in [2.45, 2.75) is 52.0 Å². The van der Waals surface area contributed by atoms with Crippen molar-refractivity contribution >= 4 is 5.91 Å². The second-order valence-electron chi connectivity index (χ2n) is 3.54. The molecule has 12 heavy (non-hydrogen) atoms. The quantitative estimate of drug-likeness (QED) is 0.634.